The van der Waals surface area contributed by atoms with Crippen LogP contribution in [0.2, 0.25) is 0 Å². The number of sulfonamides is 1. The maximum atomic E-state index is 12.1. The van der Waals surface area contributed by atoms with Crippen LogP contribution in [0.15, 0.2) is 24.3 Å². The van der Waals surface area contributed by atoms with Crippen LogP contribution in [0.1, 0.15) is 47.9 Å². The topological polar surface area (TPSA) is 83.6 Å². The first-order valence-electron chi connectivity index (χ1n) is 7.08. The van der Waals surface area contributed by atoms with Gasteiger partial charge >= 0.3 is 0 Å². The maximum absolute atomic E-state index is 12.1. The Morgan fingerprint density at radius 3 is 2.00 bits per heavy atom. The Morgan fingerprint density at radius 1 is 1.05 bits per heavy atom. The highest BCUT2D eigenvalue weighted by atomic mass is 32.2. The van der Waals surface area contributed by atoms with E-state index < -0.39 is 15.6 Å². The molecule has 0 aromatic heterocycles. The summed E-state index contributed by atoms with van der Waals surface area (Å²) in [5.74, 6) is -0.846. The molecule has 120 valence electrons. The normalized spacial score (nSPS) is 15.3. The second kappa shape index (κ2) is 5.81. The molecule has 0 radical (unpaired) electrons. The summed E-state index contributed by atoms with van der Waals surface area (Å²) < 4.78 is 26.3. The van der Waals surface area contributed by atoms with Gasteiger partial charge in [0.1, 0.15) is 0 Å². The average Bonchev–Trinajstić information content (AvgIpc) is 2.61. The second-order valence-electron chi connectivity index (χ2n) is 6.33. The molecular formula is C15H20N2O4S. The fourth-order valence-electron chi connectivity index (χ4n) is 2.37. The van der Waals surface area contributed by atoms with Crippen LogP contribution >= 0.6 is 0 Å². The van der Waals surface area contributed by atoms with Crippen molar-refractivity contribution < 1.29 is 18.0 Å². The van der Waals surface area contributed by atoms with E-state index in [2.05, 4.69) is 4.72 Å². The Balaban J connectivity index is 1.97. The van der Waals surface area contributed by atoms with E-state index in [-0.39, 0.29) is 30.5 Å². The Hall–Kier alpha value is -1.73. The first-order valence-corrected chi connectivity index (χ1v) is 8.73. The average molecular weight is 324 g/mol. The highest BCUT2D eigenvalue weighted by Gasteiger charge is 2.34. The molecule has 0 aliphatic carbocycles. The van der Waals surface area contributed by atoms with Gasteiger partial charge in [0.05, 0.1) is 16.9 Å². The number of carbonyl (C=O) groups excluding carboxylic acids is 2. The summed E-state index contributed by atoms with van der Waals surface area (Å²) >= 11 is 0. The van der Waals surface area contributed by atoms with E-state index in [1.165, 1.54) is 0 Å². The van der Waals surface area contributed by atoms with E-state index in [0.29, 0.717) is 11.1 Å². The van der Waals surface area contributed by atoms with Gasteiger partial charge < -0.3 is 0 Å². The molecule has 0 atom stereocenters. The minimum absolute atomic E-state index is 0.0946. The quantitative estimate of drug-likeness (QED) is 0.830. The van der Waals surface area contributed by atoms with Gasteiger partial charge in [-0.2, -0.15) is 0 Å². The fraction of sp³-hybridized carbons (Fsp3) is 0.467. The number of benzene rings is 1. The highest BCUT2D eigenvalue weighted by molar-refractivity contribution is 7.89. The molecule has 7 heteroatoms. The molecule has 6 nitrogen and oxygen atoms in total. The van der Waals surface area contributed by atoms with Crippen molar-refractivity contribution in [2.45, 2.75) is 32.7 Å². The molecule has 22 heavy (non-hydrogen) atoms. The Morgan fingerprint density at radius 2 is 1.55 bits per heavy atom. The number of carbonyl (C=O) groups is 2. The molecule has 0 bridgehead atoms. The lowest BCUT2D eigenvalue weighted by Gasteiger charge is -2.21. The van der Waals surface area contributed by atoms with E-state index in [1.54, 1.807) is 45.0 Å². The Kier molecular flexibility index (Phi) is 4.39. The van der Waals surface area contributed by atoms with Crippen molar-refractivity contribution in [3.05, 3.63) is 35.4 Å². The number of amides is 2. The number of hydrogen-bond donors (Lipinski definition) is 1. The van der Waals surface area contributed by atoms with Crippen LogP contribution in [0.4, 0.5) is 0 Å². The third-order valence-electron chi connectivity index (χ3n) is 3.13. The SMILES string of the molecule is CC(C)(C)NS(=O)(=O)CCCN1C(=O)c2ccccc2C1=O. The van der Waals surface area contributed by atoms with Gasteiger partial charge in [-0.25, -0.2) is 13.1 Å². The molecule has 1 heterocycles. The van der Waals surface area contributed by atoms with Crippen molar-refractivity contribution in [2.24, 2.45) is 0 Å². The van der Waals surface area contributed by atoms with Crippen molar-refractivity contribution >= 4 is 21.8 Å². The standard InChI is InChI=1S/C15H20N2O4S/c1-15(2,3)16-22(20,21)10-6-9-17-13(18)11-7-4-5-8-12(11)14(17)19/h4-5,7-8,16H,6,9-10H2,1-3H3. The first-order chi connectivity index (χ1) is 10.1. The predicted molar refractivity (Wildman–Crippen MR) is 83.1 cm³/mol. The lowest BCUT2D eigenvalue weighted by atomic mass is 10.1. The largest absolute Gasteiger partial charge is 0.274 e. The van der Waals surface area contributed by atoms with Crippen LogP contribution in [0.25, 0.3) is 0 Å². The van der Waals surface area contributed by atoms with Crippen molar-refractivity contribution in [3.63, 3.8) is 0 Å². The molecule has 1 N–H and O–H groups in total. The van der Waals surface area contributed by atoms with E-state index in [0.717, 1.165) is 4.90 Å². The van der Waals surface area contributed by atoms with Crippen molar-refractivity contribution in [3.8, 4) is 0 Å². The lowest BCUT2D eigenvalue weighted by Crippen LogP contribution is -2.42. The molecule has 1 aliphatic heterocycles. The fourth-order valence-corrected chi connectivity index (χ4v) is 3.92. The van der Waals surface area contributed by atoms with E-state index in [1.807, 2.05) is 0 Å². The van der Waals surface area contributed by atoms with Crippen LogP contribution in [0, 0.1) is 0 Å². The number of nitrogens with zero attached hydrogens (tertiary/aromatic N) is 1. The molecule has 0 unspecified atom stereocenters. The number of nitrogens with one attached hydrogen (secondary N) is 1. The second-order valence-corrected chi connectivity index (χ2v) is 8.17. The monoisotopic (exact) mass is 324 g/mol. The molecule has 0 saturated carbocycles. The number of imide groups is 1. The maximum Gasteiger partial charge on any atom is 0.261 e. The van der Waals surface area contributed by atoms with Crippen LogP contribution in [0.5, 0.6) is 0 Å². The Labute approximate surface area is 130 Å². The summed E-state index contributed by atoms with van der Waals surface area (Å²) in [6.07, 6.45) is 0.205. The summed E-state index contributed by atoms with van der Waals surface area (Å²) in [6.45, 7) is 5.37. The lowest BCUT2D eigenvalue weighted by molar-refractivity contribution is 0.0654. The molecule has 2 rings (SSSR count). The molecule has 2 amide bonds. The molecular weight excluding hydrogens is 304 g/mol. The van der Waals surface area contributed by atoms with Crippen LogP contribution in [-0.4, -0.2) is 43.0 Å². The summed E-state index contributed by atoms with van der Waals surface area (Å²) in [4.78, 5) is 25.4. The summed E-state index contributed by atoms with van der Waals surface area (Å²) in [5, 5.41) is 0. The summed E-state index contributed by atoms with van der Waals surface area (Å²) in [6, 6.07) is 6.61. The van der Waals surface area contributed by atoms with Gasteiger partial charge in [0.15, 0.2) is 0 Å². The van der Waals surface area contributed by atoms with Crippen LogP contribution < -0.4 is 4.72 Å². The number of hydrogen-bond acceptors (Lipinski definition) is 4. The van der Waals surface area contributed by atoms with E-state index in [9.17, 15) is 18.0 Å². The van der Waals surface area contributed by atoms with Gasteiger partial charge in [-0.15, -0.1) is 0 Å². The molecule has 0 fully saturated rings. The third-order valence-corrected chi connectivity index (χ3v) is 4.88. The van der Waals surface area contributed by atoms with Crippen molar-refractivity contribution in [1.82, 2.24) is 9.62 Å². The smallest absolute Gasteiger partial charge is 0.261 e. The predicted octanol–water partition coefficient (Wildman–Crippen LogP) is 1.39. The Bertz CT molecular complexity index is 669. The van der Waals surface area contributed by atoms with E-state index >= 15 is 0 Å². The molecule has 1 aromatic carbocycles. The summed E-state index contributed by atoms with van der Waals surface area (Å²) in [5.41, 5.74) is 0.209. The van der Waals surface area contributed by atoms with Gasteiger partial charge in [0, 0.05) is 12.1 Å². The molecule has 0 saturated heterocycles. The molecule has 0 spiro atoms. The molecule has 1 aromatic rings. The first kappa shape index (κ1) is 16.6. The zero-order valence-electron chi connectivity index (χ0n) is 12.9. The van der Waals surface area contributed by atoms with Crippen molar-refractivity contribution in [1.29, 1.82) is 0 Å². The zero-order valence-corrected chi connectivity index (χ0v) is 13.7. The van der Waals surface area contributed by atoms with Gasteiger partial charge in [0.25, 0.3) is 11.8 Å². The van der Waals surface area contributed by atoms with Crippen LogP contribution in [-0.2, 0) is 10.0 Å². The minimum atomic E-state index is -3.43. The summed E-state index contributed by atoms with van der Waals surface area (Å²) in [7, 11) is -3.43. The molecule has 1 aliphatic rings. The van der Waals surface area contributed by atoms with Gasteiger partial charge in [-0.05, 0) is 39.3 Å². The highest BCUT2D eigenvalue weighted by Crippen LogP contribution is 2.22. The zero-order chi connectivity index (χ0) is 16.5. The van der Waals surface area contributed by atoms with Crippen LogP contribution in [0.3, 0.4) is 0 Å². The number of rotatable bonds is 5. The van der Waals surface area contributed by atoms with E-state index in [4.69, 9.17) is 0 Å². The minimum Gasteiger partial charge on any atom is -0.274 e. The van der Waals surface area contributed by atoms with Gasteiger partial charge in [-0.1, -0.05) is 12.1 Å². The third kappa shape index (κ3) is 3.72. The number of fused-ring (bicyclic) bond motifs is 1. The van der Waals surface area contributed by atoms with Gasteiger partial charge in [0.2, 0.25) is 10.0 Å². The van der Waals surface area contributed by atoms with Gasteiger partial charge in [-0.3, -0.25) is 14.5 Å². The van der Waals surface area contributed by atoms with Crippen molar-refractivity contribution in [2.75, 3.05) is 12.3 Å².